The smallest absolute Gasteiger partial charge is 0.342 e. The average molecular weight is 293 g/mol. The lowest BCUT2D eigenvalue weighted by atomic mass is 10.0. The van der Waals surface area contributed by atoms with E-state index >= 15 is 0 Å². The van der Waals surface area contributed by atoms with E-state index in [0.717, 1.165) is 0 Å². The highest BCUT2D eigenvalue weighted by Crippen LogP contribution is 2.44. The van der Waals surface area contributed by atoms with E-state index in [2.05, 4.69) is 0 Å². The Balaban J connectivity index is 3.50. The maximum Gasteiger partial charge on any atom is 0.342 e. The summed E-state index contributed by atoms with van der Waals surface area (Å²) in [6.07, 6.45) is 1.11. The molecule has 0 saturated carbocycles. The van der Waals surface area contributed by atoms with Gasteiger partial charge in [0.2, 0.25) is 0 Å². The van der Waals surface area contributed by atoms with Gasteiger partial charge in [-0.3, -0.25) is 0 Å². The first-order chi connectivity index (χ1) is 8.45. The number of benzene rings is 1. The lowest BCUT2D eigenvalue weighted by Crippen LogP contribution is -2.09. The van der Waals surface area contributed by atoms with Crippen molar-refractivity contribution in [2.75, 3.05) is 6.61 Å². The molecule has 0 aliphatic rings. The number of hydrogen-bond donors (Lipinski definition) is 2. The Kier molecular flexibility index (Phi) is 5.11. The van der Waals surface area contributed by atoms with Crippen LogP contribution in [0.4, 0.5) is 0 Å². The summed E-state index contributed by atoms with van der Waals surface area (Å²) in [7, 11) is 0. The summed E-state index contributed by atoms with van der Waals surface area (Å²) < 4.78 is 4.85. The van der Waals surface area contributed by atoms with Crippen LogP contribution in [0.5, 0.6) is 11.5 Å². The molecule has 1 rings (SSSR count). The zero-order valence-corrected chi connectivity index (χ0v) is 11.6. The van der Waals surface area contributed by atoms with Crippen LogP contribution in [0.2, 0.25) is 10.0 Å². The number of esters is 1. The highest BCUT2D eigenvalue weighted by molar-refractivity contribution is 6.39. The van der Waals surface area contributed by atoms with Gasteiger partial charge in [0.15, 0.2) is 11.5 Å². The fourth-order valence-electron chi connectivity index (χ4n) is 1.62. The molecule has 1 aromatic rings. The van der Waals surface area contributed by atoms with Crippen molar-refractivity contribution in [3.63, 3.8) is 0 Å². The molecule has 0 atom stereocenters. The minimum atomic E-state index is -0.706. The highest BCUT2D eigenvalue weighted by atomic mass is 35.5. The summed E-state index contributed by atoms with van der Waals surface area (Å²) >= 11 is 11.7. The number of ether oxygens (including phenoxy) is 1. The molecule has 0 amide bonds. The van der Waals surface area contributed by atoms with Crippen molar-refractivity contribution >= 4 is 29.2 Å². The third-order valence-corrected chi connectivity index (χ3v) is 3.17. The van der Waals surface area contributed by atoms with Crippen molar-refractivity contribution in [2.45, 2.75) is 26.7 Å². The maximum atomic E-state index is 11.8. The Morgan fingerprint density at radius 3 is 2.28 bits per heavy atom. The summed E-state index contributed by atoms with van der Waals surface area (Å²) in [5.74, 6) is -1.63. The van der Waals surface area contributed by atoms with Gasteiger partial charge in [-0.25, -0.2) is 4.79 Å². The van der Waals surface area contributed by atoms with Crippen LogP contribution < -0.4 is 0 Å². The third-order valence-electron chi connectivity index (χ3n) is 2.41. The molecule has 100 valence electrons. The van der Waals surface area contributed by atoms with Crippen molar-refractivity contribution in [1.82, 2.24) is 0 Å². The number of phenolic OH excluding ortho intramolecular Hbond substituents is 2. The van der Waals surface area contributed by atoms with Gasteiger partial charge >= 0.3 is 5.97 Å². The molecule has 4 nitrogen and oxygen atoms in total. The second kappa shape index (κ2) is 6.16. The second-order valence-electron chi connectivity index (χ2n) is 3.65. The lowest BCUT2D eigenvalue weighted by molar-refractivity contribution is 0.0521. The molecule has 2 N–H and O–H groups in total. The fourth-order valence-corrected chi connectivity index (χ4v) is 2.14. The first-order valence-corrected chi connectivity index (χ1v) is 6.30. The fraction of sp³-hybridized carbons (Fsp3) is 0.417. The van der Waals surface area contributed by atoms with E-state index < -0.39 is 17.5 Å². The third kappa shape index (κ3) is 2.65. The van der Waals surface area contributed by atoms with Crippen molar-refractivity contribution in [1.29, 1.82) is 0 Å². The van der Waals surface area contributed by atoms with Crippen molar-refractivity contribution in [3.05, 3.63) is 21.2 Å². The molecule has 0 heterocycles. The Bertz CT molecular complexity index is 472. The summed E-state index contributed by atoms with van der Waals surface area (Å²) in [5, 5.41) is 19.1. The highest BCUT2D eigenvalue weighted by Gasteiger charge is 2.26. The molecule has 0 unspecified atom stereocenters. The zero-order valence-electron chi connectivity index (χ0n) is 10.1. The Labute approximate surface area is 115 Å². The van der Waals surface area contributed by atoms with Crippen LogP contribution in [0.15, 0.2) is 0 Å². The molecule has 0 radical (unpaired) electrons. The van der Waals surface area contributed by atoms with E-state index in [9.17, 15) is 15.0 Å². The van der Waals surface area contributed by atoms with Gasteiger partial charge < -0.3 is 14.9 Å². The van der Waals surface area contributed by atoms with Crippen LogP contribution in [-0.2, 0) is 11.2 Å². The van der Waals surface area contributed by atoms with Crippen molar-refractivity contribution < 1.29 is 19.7 Å². The van der Waals surface area contributed by atoms with Crippen LogP contribution in [0.3, 0.4) is 0 Å². The molecule has 0 aliphatic carbocycles. The molecule has 0 spiro atoms. The van der Waals surface area contributed by atoms with Crippen LogP contribution in [0.25, 0.3) is 0 Å². The van der Waals surface area contributed by atoms with Crippen LogP contribution in [-0.4, -0.2) is 22.8 Å². The molecule has 0 saturated heterocycles. The predicted molar refractivity (Wildman–Crippen MR) is 69.7 cm³/mol. The Morgan fingerprint density at radius 1 is 1.17 bits per heavy atom. The normalized spacial score (nSPS) is 10.4. The molecule has 1 aromatic carbocycles. The van der Waals surface area contributed by atoms with E-state index in [1.807, 2.05) is 6.92 Å². The largest absolute Gasteiger partial charge is 0.505 e. The summed E-state index contributed by atoms with van der Waals surface area (Å²) in [4.78, 5) is 11.8. The minimum absolute atomic E-state index is 0.0253. The topological polar surface area (TPSA) is 66.8 Å². The number of halogens is 2. The van der Waals surface area contributed by atoms with Gasteiger partial charge in [0, 0.05) is 0 Å². The molecular weight excluding hydrogens is 279 g/mol. The maximum absolute atomic E-state index is 11.8. The molecule has 0 fully saturated rings. The van der Waals surface area contributed by atoms with E-state index in [1.165, 1.54) is 0 Å². The van der Waals surface area contributed by atoms with E-state index in [0.29, 0.717) is 18.4 Å². The molecule has 0 bridgehead atoms. The number of carbonyl (C=O) groups is 1. The van der Waals surface area contributed by atoms with Crippen molar-refractivity contribution in [2.24, 2.45) is 0 Å². The molecule has 0 aromatic heterocycles. The molecule has 0 aliphatic heterocycles. The Hall–Kier alpha value is -1.13. The first kappa shape index (κ1) is 14.9. The van der Waals surface area contributed by atoms with Crippen LogP contribution in [0.1, 0.15) is 36.2 Å². The lowest BCUT2D eigenvalue weighted by Gasteiger charge is -2.14. The van der Waals surface area contributed by atoms with Crippen LogP contribution in [0, 0.1) is 0 Å². The van der Waals surface area contributed by atoms with Gasteiger partial charge in [-0.15, -0.1) is 0 Å². The Morgan fingerprint density at radius 2 is 1.78 bits per heavy atom. The average Bonchev–Trinajstić information content (AvgIpc) is 2.34. The quantitative estimate of drug-likeness (QED) is 0.833. The van der Waals surface area contributed by atoms with Crippen molar-refractivity contribution in [3.8, 4) is 11.5 Å². The minimum Gasteiger partial charge on any atom is -0.505 e. The standard InChI is InChI=1S/C12H14Cl2O4/c1-3-5-6-7(12(17)18-4-2)10(15)9(14)11(16)8(6)13/h15-16H,3-5H2,1-2H3. The summed E-state index contributed by atoms with van der Waals surface area (Å²) in [6, 6.07) is 0. The van der Waals surface area contributed by atoms with E-state index in [1.54, 1.807) is 6.92 Å². The van der Waals surface area contributed by atoms with E-state index in [4.69, 9.17) is 27.9 Å². The SMILES string of the molecule is CCCc1c(Cl)c(O)c(Cl)c(O)c1C(=O)OCC. The molecular formula is C12H14Cl2O4. The first-order valence-electron chi connectivity index (χ1n) is 5.54. The van der Waals surface area contributed by atoms with Gasteiger partial charge in [-0.2, -0.15) is 0 Å². The number of carbonyl (C=O) groups excluding carboxylic acids is 1. The molecule has 18 heavy (non-hydrogen) atoms. The van der Waals surface area contributed by atoms with Gasteiger partial charge in [-0.1, -0.05) is 36.5 Å². The number of phenols is 2. The second-order valence-corrected chi connectivity index (χ2v) is 4.41. The van der Waals surface area contributed by atoms with Crippen LogP contribution >= 0.6 is 23.2 Å². The zero-order chi connectivity index (χ0) is 13.9. The number of rotatable bonds is 4. The summed E-state index contributed by atoms with van der Waals surface area (Å²) in [6.45, 7) is 3.70. The van der Waals surface area contributed by atoms with Gasteiger partial charge in [0.25, 0.3) is 0 Å². The summed E-state index contributed by atoms with van der Waals surface area (Å²) in [5.41, 5.74) is 0.267. The number of aromatic hydroxyl groups is 2. The van der Waals surface area contributed by atoms with Gasteiger partial charge in [0.1, 0.15) is 10.6 Å². The van der Waals surface area contributed by atoms with Gasteiger partial charge in [0.05, 0.1) is 11.6 Å². The van der Waals surface area contributed by atoms with E-state index in [-0.39, 0.29) is 22.2 Å². The monoisotopic (exact) mass is 292 g/mol. The molecule has 6 heteroatoms. The predicted octanol–water partition coefficient (Wildman–Crippen LogP) is 3.53. The number of hydrogen-bond acceptors (Lipinski definition) is 4. The van der Waals surface area contributed by atoms with Gasteiger partial charge in [-0.05, 0) is 18.9 Å².